The SMILES string of the molecule is C=CCCCOc1cc(F)cc(C)c1-c1cc(C)c(F)c([C@@H](N)CC(=O)OCC)c1. The van der Waals surface area contributed by atoms with Gasteiger partial charge in [-0.15, -0.1) is 6.58 Å². The second-order valence-corrected chi connectivity index (χ2v) is 7.19. The van der Waals surface area contributed by atoms with Gasteiger partial charge in [-0.1, -0.05) is 6.08 Å². The third kappa shape index (κ3) is 5.89. The van der Waals surface area contributed by atoms with Crippen molar-refractivity contribution in [2.45, 2.75) is 46.1 Å². The molecule has 0 heterocycles. The lowest BCUT2D eigenvalue weighted by molar-refractivity contribution is -0.143. The summed E-state index contributed by atoms with van der Waals surface area (Å²) in [5.41, 5.74) is 8.68. The summed E-state index contributed by atoms with van der Waals surface area (Å²) < 4.78 is 39.6. The van der Waals surface area contributed by atoms with Gasteiger partial charge in [0.05, 0.1) is 19.6 Å². The van der Waals surface area contributed by atoms with Crippen molar-refractivity contribution in [1.29, 1.82) is 0 Å². The van der Waals surface area contributed by atoms with Gasteiger partial charge >= 0.3 is 5.97 Å². The predicted octanol–water partition coefficient (Wildman–Crippen LogP) is 5.55. The molecule has 30 heavy (non-hydrogen) atoms. The number of halogens is 2. The zero-order valence-corrected chi connectivity index (χ0v) is 17.8. The Morgan fingerprint density at radius 3 is 2.60 bits per heavy atom. The predicted molar refractivity (Wildman–Crippen MR) is 114 cm³/mol. The van der Waals surface area contributed by atoms with Crippen LogP contribution in [0, 0.1) is 25.5 Å². The molecule has 162 valence electrons. The van der Waals surface area contributed by atoms with E-state index in [9.17, 15) is 13.6 Å². The molecule has 0 saturated heterocycles. The van der Waals surface area contributed by atoms with Crippen molar-refractivity contribution in [1.82, 2.24) is 0 Å². The van der Waals surface area contributed by atoms with Crippen LogP contribution in [0.4, 0.5) is 8.78 Å². The van der Waals surface area contributed by atoms with Crippen LogP contribution in [0.1, 0.15) is 48.9 Å². The zero-order valence-electron chi connectivity index (χ0n) is 17.8. The Kier molecular flexibility index (Phi) is 8.54. The molecule has 0 bridgehead atoms. The second-order valence-electron chi connectivity index (χ2n) is 7.19. The lowest BCUT2D eigenvalue weighted by Crippen LogP contribution is -2.19. The number of unbranched alkanes of at least 4 members (excludes halogenated alkanes) is 1. The van der Waals surface area contributed by atoms with E-state index in [1.54, 1.807) is 39.0 Å². The van der Waals surface area contributed by atoms with Crippen LogP contribution in [-0.2, 0) is 9.53 Å². The van der Waals surface area contributed by atoms with Crippen molar-refractivity contribution in [2.24, 2.45) is 5.73 Å². The van der Waals surface area contributed by atoms with Gasteiger partial charge in [0.1, 0.15) is 17.4 Å². The van der Waals surface area contributed by atoms with Gasteiger partial charge in [0.15, 0.2) is 0 Å². The molecule has 0 aromatic heterocycles. The monoisotopic (exact) mass is 417 g/mol. The second kappa shape index (κ2) is 10.9. The maximum absolute atomic E-state index is 14.8. The first-order valence-corrected chi connectivity index (χ1v) is 10.0. The first-order chi connectivity index (χ1) is 14.3. The molecular weight excluding hydrogens is 388 g/mol. The summed E-state index contributed by atoms with van der Waals surface area (Å²) in [7, 11) is 0. The Bertz CT molecular complexity index is 912. The average molecular weight is 417 g/mol. The number of ether oxygens (including phenoxy) is 2. The Labute approximate surface area is 176 Å². The Hall–Kier alpha value is -2.73. The number of hydrogen-bond donors (Lipinski definition) is 1. The van der Waals surface area contributed by atoms with Crippen LogP contribution in [0.15, 0.2) is 36.9 Å². The van der Waals surface area contributed by atoms with Gasteiger partial charge in [-0.05, 0) is 68.5 Å². The van der Waals surface area contributed by atoms with E-state index in [4.69, 9.17) is 15.2 Å². The van der Waals surface area contributed by atoms with E-state index >= 15 is 0 Å². The van der Waals surface area contributed by atoms with Gasteiger partial charge in [-0.2, -0.15) is 0 Å². The molecule has 4 nitrogen and oxygen atoms in total. The molecule has 0 aliphatic carbocycles. The molecule has 0 saturated carbocycles. The van der Waals surface area contributed by atoms with Crippen LogP contribution >= 0.6 is 0 Å². The highest BCUT2D eigenvalue weighted by molar-refractivity contribution is 5.76. The van der Waals surface area contributed by atoms with Crippen LogP contribution in [0.3, 0.4) is 0 Å². The zero-order chi connectivity index (χ0) is 22.3. The molecule has 0 radical (unpaired) electrons. The minimum atomic E-state index is -0.861. The summed E-state index contributed by atoms with van der Waals surface area (Å²) in [6.07, 6.45) is 3.19. The van der Waals surface area contributed by atoms with Crippen molar-refractivity contribution in [3.8, 4) is 16.9 Å². The van der Waals surface area contributed by atoms with Crippen LogP contribution in [-0.4, -0.2) is 19.2 Å². The normalized spacial score (nSPS) is 11.8. The molecule has 0 amide bonds. The quantitative estimate of drug-likeness (QED) is 0.313. The average Bonchev–Trinajstić information content (AvgIpc) is 2.67. The number of carbonyl (C=O) groups is 1. The maximum atomic E-state index is 14.8. The highest BCUT2D eigenvalue weighted by Crippen LogP contribution is 2.37. The molecule has 2 rings (SSSR count). The fraction of sp³-hybridized carbons (Fsp3) is 0.375. The summed E-state index contributed by atoms with van der Waals surface area (Å²) >= 11 is 0. The van der Waals surface area contributed by atoms with E-state index in [1.807, 2.05) is 0 Å². The van der Waals surface area contributed by atoms with Crippen LogP contribution in [0.5, 0.6) is 5.75 Å². The minimum Gasteiger partial charge on any atom is -0.493 e. The largest absolute Gasteiger partial charge is 0.493 e. The van der Waals surface area contributed by atoms with Gasteiger partial charge in [0, 0.05) is 23.2 Å². The molecule has 2 N–H and O–H groups in total. The molecule has 1 atom stereocenters. The van der Waals surface area contributed by atoms with Crippen molar-refractivity contribution in [2.75, 3.05) is 13.2 Å². The number of allylic oxidation sites excluding steroid dienone is 1. The Balaban J connectivity index is 2.47. The third-order valence-electron chi connectivity index (χ3n) is 4.74. The third-order valence-corrected chi connectivity index (χ3v) is 4.74. The topological polar surface area (TPSA) is 61.5 Å². The van der Waals surface area contributed by atoms with Crippen molar-refractivity contribution in [3.05, 3.63) is 65.2 Å². The van der Waals surface area contributed by atoms with Gasteiger partial charge in [-0.3, -0.25) is 4.79 Å². The fourth-order valence-electron chi connectivity index (χ4n) is 3.33. The number of benzene rings is 2. The number of rotatable bonds is 10. The summed E-state index contributed by atoms with van der Waals surface area (Å²) in [5, 5.41) is 0. The number of carbonyl (C=O) groups excluding carboxylic acids is 1. The Morgan fingerprint density at radius 2 is 1.93 bits per heavy atom. The Morgan fingerprint density at radius 1 is 1.20 bits per heavy atom. The van der Waals surface area contributed by atoms with E-state index in [0.717, 1.165) is 12.8 Å². The highest BCUT2D eigenvalue weighted by atomic mass is 19.1. The lowest BCUT2D eigenvalue weighted by atomic mass is 9.92. The first-order valence-electron chi connectivity index (χ1n) is 10.0. The number of esters is 1. The fourth-order valence-corrected chi connectivity index (χ4v) is 3.33. The van der Waals surface area contributed by atoms with Crippen molar-refractivity contribution >= 4 is 5.97 Å². The molecule has 2 aromatic rings. The summed E-state index contributed by atoms with van der Waals surface area (Å²) in [4.78, 5) is 11.8. The summed E-state index contributed by atoms with van der Waals surface area (Å²) in [6, 6.07) is 5.15. The number of hydrogen-bond acceptors (Lipinski definition) is 4. The standard InChI is InChI=1S/C24H29F2NO3/c1-5-7-8-9-30-21-13-18(25)11-15(3)23(21)17-10-16(4)24(26)19(12-17)20(27)14-22(28)29-6-2/h5,10-13,20H,1,6-9,14,27H2,2-4H3/t20-/m0/s1. The molecule has 6 heteroatoms. The molecule has 0 spiro atoms. The number of nitrogens with two attached hydrogens (primary N) is 1. The molecule has 2 aromatic carbocycles. The van der Waals surface area contributed by atoms with E-state index in [1.165, 1.54) is 12.1 Å². The number of aryl methyl sites for hydroxylation is 2. The molecule has 0 aliphatic rings. The smallest absolute Gasteiger partial charge is 0.307 e. The van der Waals surface area contributed by atoms with E-state index in [0.29, 0.717) is 34.6 Å². The first kappa shape index (κ1) is 23.5. The highest BCUT2D eigenvalue weighted by Gasteiger charge is 2.21. The summed E-state index contributed by atoms with van der Waals surface area (Å²) in [6.45, 7) is 9.40. The van der Waals surface area contributed by atoms with Crippen molar-refractivity contribution < 1.29 is 23.0 Å². The van der Waals surface area contributed by atoms with Gasteiger partial charge in [0.2, 0.25) is 0 Å². The van der Waals surface area contributed by atoms with E-state index < -0.39 is 23.6 Å². The lowest BCUT2D eigenvalue weighted by Gasteiger charge is -2.19. The summed E-state index contributed by atoms with van der Waals surface area (Å²) in [5.74, 6) is -0.985. The molecular formula is C24H29F2NO3. The van der Waals surface area contributed by atoms with E-state index in [-0.39, 0.29) is 18.6 Å². The van der Waals surface area contributed by atoms with Crippen LogP contribution in [0.2, 0.25) is 0 Å². The molecule has 0 unspecified atom stereocenters. The molecule has 0 aliphatic heterocycles. The van der Waals surface area contributed by atoms with Crippen LogP contribution < -0.4 is 10.5 Å². The van der Waals surface area contributed by atoms with E-state index in [2.05, 4.69) is 6.58 Å². The minimum absolute atomic E-state index is 0.138. The maximum Gasteiger partial charge on any atom is 0.307 e. The van der Waals surface area contributed by atoms with Crippen LogP contribution in [0.25, 0.3) is 11.1 Å². The van der Waals surface area contributed by atoms with Crippen molar-refractivity contribution in [3.63, 3.8) is 0 Å². The van der Waals surface area contributed by atoms with Gasteiger partial charge < -0.3 is 15.2 Å². The van der Waals surface area contributed by atoms with Gasteiger partial charge in [0.25, 0.3) is 0 Å². The van der Waals surface area contributed by atoms with Gasteiger partial charge in [-0.25, -0.2) is 8.78 Å². The molecule has 0 fully saturated rings.